The molecular weight excluding hydrogens is 289 g/mol. The average Bonchev–Trinajstić information content (AvgIpc) is 3.00. The first-order chi connectivity index (χ1) is 10.2. The first kappa shape index (κ1) is 15.2. The highest BCUT2D eigenvalue weighted by molar-refractivity contribution is 7.11. The highest BCUT2D eigenvalue weighted by Crippen LogP contribution is 2.11. The van der Waals surface area contributed by atoms with Gasteiger partial charge in [0.1, 0.15) is 11.9 Å². The first-order valence-corrected chi connectivity index (χ1v) is 7.45. The van der Waals surface area contributed by atoms with Crippen LogP contribution >= 0.6 is 11.3 Å². The summed E-state index contributed by atoms with van der Waals surface area (Å²) in [5.74, 6) is -0.534. The second-order valence-corrected chi connectivity index (χ2v) is 5.34. The summed E-state index contributed by atoms with van der Waals surface area (Å²) in [6.07, 6.45) is 2.20. The number of hydrogen-bond acceptors (Lipinski definition) is 4. The molecule has 1 amide bonds. The number of rotatable bonds is 6. The predicted octanol–water partition coefficient (Wildman–Crippen LogP) is 3.23. The summed E-state index contributed by atoms with van der Waals surface area (Å²) in [5, 5.41) is 8.91. The molecular formula is C15H16FN3OS. The van der Waals surface area contributed by atoms with E-state index in [9.17, 15) is 9.18 Å². The molecule has 21 heavy (non-hydrogen) atoms. The van der Waals surface area contributed by atoms with Crippen molar-refractivity contribution in [1.29, 1.82) is 0 Å². The summed E-state index contributed by atoms with van der Waals surface area (Å²) in [7, 11) is 0. The Kier molecular flexibility index (Phi) is 5.45. The van der Waals surface area contributed by atoms with Gasteiger partial charge in [-0.1, -0.05) is 13.0 Å². The minimum atomic E-state index is -0.420. The van der Waals surface area contributed by atoms with E-state index < -0.39 is 6.04 Å². The third kappa shape index (κ3) is 4.68. The number of carbonyl (C=O) groups is 1. The minimum Gasteiger partial charge on any atom is -0.374 e. The van der Waals surface area contributed by atoms with Crippen LogP contribution in [0.3, 0.4) is 0 Å². The molecule has 0 bridgehead atoms. The number of thiophene rings is 1. The summed E-state index contributed by atoms with van der Waals surface area (Å²) < 4.78 is 12.8. The standard InChI is InChI=1S/C15H16FN3OS/c1-2-14(18-12-7-5-11(16)6-8-12)15(20)19-17-10-13-4-3-9-21-13/h3-10,14,18H,2H2,1H3,(H,19,20)/b17-10+. The number of anilines is 1. The number of benzene rings is 1. The van der Waals surface area contributed by atoms with Crippen LogP contribution in [0.25, 0.3) is 0 Å². The maximum atomic E-state index is 12.8. The zero-order valence-corrected chi connectivity index (χ0v) is 12.4. The molecule has 2 N–H and O–H groups in total. The highest BCUT2D eigenvalue weighted by Gasteiger charge is 2.15. The van der Waals surface area contributed by atoms with Crippen molar-refractivity contribution in [2.24, 2.45) is 5.10 Å². The number of nitrogens with one attached hydrogen (secondary N) is 2. The topological polar surface area (TPSA) is 53.5 Å². The van der Waals surface area contributed by atoms with E-state index in [1.165, 1.54) is 12.1 Å². The molecule has 0 aliphatic rings. The van der Waals surface area contributed by atoms with Gasteiger partial charge in [0, 0.05) is 10.6 Å². The summed E-state index contributed by atoms with van der Waals surface area (Å²) in [6, 6.07) is 9.30. The van der Waals surface area contributed by atoms with Crippen molar-refractivity contribution in [2.45, 2.75) is 19.4 Å². The number of carbonyl (C=O) groups excluding carboxylic acids is 1. The molecule has 0 saturated heterocycles. The lowest BCUT2D eigenvalue weighted by molar-refractivity contribution is -0.121. The molecule has 2 rings (SSSR count). The van der Waals surface area contributed by atoms with Crippen molar-refractivity contribution in [3.63, 3.8) is 0 Å². The Bertz CT molecular complexity index is 596. The van der Waals surface area contributed by atoms with Crippen LogP contribution in [0.2, 0.25) is 0 Å². The van der Waals surface area contributed by atoms with Crippen molar-refractivity contribution < 1.29 is 9.18 Å². The Morgan fingerprint density at radius 3 is 2.76 bits per heavy atom. The Labute approximate surface area is 126 Å². The molecule has 0 spiro atoms. The molecule has 110 valence electrons. The molecule has 1 heterocycles. The normalized spacial score (nSPS) is 12.3. The van der Waals surface area contributed by atoms with Crippen molar-refractivity contribution in [2.75, 3.05) is 5.32 Å². The van der Waals surface area contributed by atoms with Gasteiger partial charge >= 0.3 is 0 Å². The van der Waals surface area contributed by atoms with Gasteiger partial charge in [0.25, 0.3) is 5.91 Å². The van der Waals surface area contributed by atoms with E-state index in [4.69, 9.17) is 0 Å². The summed E-state index contributed by atoms with van der Waals surface area (Å²) in [5.41, 5.74) is 3.20. The Morgan fingerprint density at radius 2 is 2.14 bits per heavy atom. The molecule has 6 heteroatoms. The number of hydrogen-bond donors (Lipinski definition) is 2. The van der Waals surface area contributed by atoms with E-state index in [2.05, 4.69) is 15.8 Å². The van der Waals surface area contributed by atoms with Crippen LogP contribution in [0.1, 0.15) is 18.2 Å². The Morgan fingerprint density at radius 1 is 1.38 bits per heavy atom. The van der Waals surface area contributed by atoms with E-state index in [1.54, 1.807) is 29.7 Å². The van der Waals surface area contributed by atoms with Gasteiger partial charge in [0.2, 0.25) is 0 Å². The lowest BCUT2D eigenvalue weighted by Gasteiger charge is -2.16. The summed E-state index contributed by atoms with van der Waals surface area (Å²) in [6.45, 7) is 1.89. The molecule has 1 aromatic carbocycles. The van der Waals surface area contributed by atoms with Gasteiger partial charge in [0.15, 0.2) is 0 Å². The van der Waals surface area contributed by atoms with Crippen LogP contribution in [0, 0.1) is 5.82 Å². The quantitative estimate of drug-likeness (QED) is 0.636. The van der Waals surface area contributed by atoms with Gasteiger partial charge in [-0.2, -0.15) is 5.10 Å². The predicted molar refractivity (Wildman–Crippen MR) is 84.2 cm³/mol. The minimum absolute atomic E-state index is 0.227. The first-order valence-electron chi connectivity index (χ1n) is 6.57. The second kappa shape index (κ2) is 7.54. The van der Waals surface area contributed by atoms with Crippen molar-refractivity contribution in [1.82, 2.24) is 5.43 Å². The van der Waals surface area contributed by atoms with E-state index >= 15 is 0 Å². The van der Waals surface area contributed by atoms with E-state index in [0.29, 0.717) is 12.1 Å². The molecule has 0 fully saturated rings. The van der Waals surface area contributed by atoms with Gasteiger partial charge in [0.05, 0.1) is 6.21 Å². The second-order valence-electron chi connectivity index (χ2n) is 4.36. The number of nitrogens with zero attached hydrogens (tertiary/aromatic N) is 1. The molecule has 2 aromatic rings. The smallest absolute Gasteiger partial charge is 0.262 e. The molecule has 4 nitrogen and oxygen atoms in total. The van der Waals surface area contributed by atoms with Gasteiger partial charge in [-0.05, 0) is 42.1 Å². The Balaban J connectivity index is 1.90. The van der Waals surface area contributed by atoms with E-state index in [1.807, 2.05) is 24.4 Å². The average molecular weight is 305 g/mol. The van der Waals surface area contributed by atoms with Crippen molar-refractivity contribution in [3.8, 4) is 0 Å². The van der Waals surface area contributed by atoms with Crippen molar-refractivity contribution >= 4 is 29.1 Å². The van der Waals surface area contributed by atoms with E-state index in [0.717, 1.165) is 4.88 Å². The van der Waals surface area contributed by atoms with Crippen LogP contribution in [0.15, 0.2) is 46.9 Å². The van der Waals surface area contributed by atoms with Gasteiger partial charge < -0.3 is 5.32 Å². The van der Waals surface area contributed by atoms with Gasteiger partial charge in [-0.3, -0.25) is 4.79 Å². The number of hydrazone groups is 1. The molecule has 1 atom stereocenters. The fourth-order valence-corrected chi connectivity index (χ4v) is 2.29. The van der Waals surface area contributed by atoms with E-state index in [-0.39, 0.29) is 11.7 Å². The fraction of sp³-hybridized carbons (Fsp3) is 0.200. The summed E-state index contributed by atoms with van der Waals surface area (Å²) >= 11 is 1.54. The SMILES string of the molecule is CCC(Nc1ccc(F)cc1)C(=O)N/N=C/c1cccs1. The third-order valence-electron chi connectivity index (χ3n) is 2.82. The number of amides is 1. The molecule has 0 saturated carbocycles. The molecule has 1 unspecified atom stereocenters. The Hall–Kier alpha value is -2.21. The van der Waals surface area contributed by atoms with Crippen LogP contribution in [0.5, 0.6) is 0 Å². The van der Waals surface area contributed by atoms with Crippen LogP contribution in [0.4, 0.5) is 10.1 Å². The van der Waals surface area contributed by atoms with Crippen molar-refractivity contribution in [3.05, 3.63) is 52.5 Å². The highest BCUT2D eigenvalue weighted by atomic mass is 32.1. The van der Waals surface area contributed by atoms with Crippen LogP contribution in [-0.4, -0.2) is 18.2 Å². The fourth-order valence-electron chi connectivity index (χ4n) is 1.70. The van der Waals surface area contributed by atoms with Crippen LogP contribution < -0.4 is 10.7 Å². The summed E-state index contributed by atoms with van der Waals surface area (Å²) in [4.78, 5) is 13.0. The molecule has 0 radical (unpaired) electrons. The number of halogens is 1. The molecule has 0 aliphatic heterocycles. The maximum Gasteiger partial charge on any atom is 0.262 e. The largest absolute Gasteiger partial charge is 0.374 e. The molecule has 0 aliphatic carbocycles. The maximum absolute atomic E-state index is 12.8. The van der Waals surface area contributed by atoms with Crippen LogP contribution in [-0.2, 0) is 4.79 Å². The molecule has 1 aromatic heterocycles. The third-order valence-corrected chi connectivity index (χ3v) is 3.63. The zero-order valence-electron chi connectivity index (χ0n) is 11.5. The van der Waals surface area contributed by atoms with Gasteiger partial charge in [-0.25, -0.2) is 9.82 Å². The van der Waals surface area contributed by atoms with Gasteiger partial charge in [-0.15, -0.1) is 11.3 Å². The lowest BCUT2D eigenvalue weighted by Crippen LogP contribution is -2.36. The monoisotopic (exact) mass is 305 g/mol. The lowest BCUT2D eigenvalue weighted by atomic mass is 10.2. The zero-order chi connectivity index (χ0) is 15.1.